The van der Waals surface area contributed by atoms with Gasteiger partial charge in [-0.05, 0) is 24.6 Å². The predicted molar refractivity (Wildman–Crippen MR) is 103 cm³/mol. The maximum Gasteiger partial charge on any atom is 0.333 e. The molecule has 140 valence electrons. The van der Waals surface area contributed by atoms with Crippen molar-refractivity contribution in [1.82, 2.24) is 4.98 Å². The van der Waals surface area contributed by atoms with Gasteiger partial charge < -0.3 is 19.9 Å². The van der Waals surface area contributed by atoms with Crippen LogP contribution in [-0.2, 0) is 14.3 Å². The van der Waals surface area contributed by atoms with E-state index in [0.717, 1.165) is 5.69 Å². The molecular weight excluding hydrogens is 346 g/mol. The molecule has 2 N–H and O–H groups in total. The molecule has 1 aromatic heterocycles. The number of hydrogen-bond donors (Lipinski definition) is 2. The minimum atomic E-state index is -1.06. The number of aromatic nitrogens is 1. The van der Waals surface area contributed by atoms with Gasteiger partial charge in [0.2, 0.25) is 0 Å². The number of carboxylic acid groups (broad SMARTS) is 1. The van der Waals surface area contributed by atoms with Crippen LogP contribution in [0.1, 0.15) is 24.1 Å². The van der Waals surface area contributed by atoms with Gasteiger partial charge >= 0.3 is 5.97 Å². The molecule has 2 heterocycles. The van der Waals surface area contributed by atoms with Crippen LogP contribution in [0.4, 0.5) is 5.69 Å². The Balaban J connectivity index is 2.27. The van der Waals surface area contributed by atoms with Crippen LogP contribution in [0.2, 0.25) is 0 Å². The lowest BCUT2D eigenvalue weighted by atomic mass is 9.99. The summed E-state index contributed by atoms with van der Waals surface area (Å²) in [6.07, 6.45) is 2.88. The Morgan fingerprint density at radius 3 is 2.52 bits per heavy atom. The lowest BCUT2D eigenvalue weighted by molar-refractivity contribution is -0.138. The Morgan fingerprint density at radius 2 is 1.89 bits per heavy atom. The van der Waals surface area contributed by atoms with Crippen LogP contribution in [0, 0.1) is 0 Å². The van der Waals surface area contributed by atoms with Gasteiger partial charge in [0.15, 0.2) is 11.8 Å². The number of aliphatic carboxylic acids is 1. The van der Waals surface area contributed by atoms with E-state index in [0.29, 0.717) is 28.3 Å². The van der Waals surface area contributed by atoms with Gasteiger partial charge in [-0.25, -0.2) is 4.79 Å². The lowest BCUT2D eigenvalue weighted by Crippen LogP contribution is -2.27. The third-order valence-electron chi connectivity index (χ3n) is 4.38. The first kappa shape index (κ1) is 18.6. The van der Waals surface area contributed by atoms with Crippen LogP contribution in [0.5, 0.6) is 0 Å². The van der Waals surface area contributed by atoms with Gasteiger partial charge in [-0.15, -0.1) is 0 Å². The summed E-state index contributed by atoms with van der Waals surface area (Å²) in [4.78, 5) is 20.5. The molecular formula is C20H21N3O4. The first-order chi connectivity index (χ1) is 13.1. The highest BCUT2D eigenvalue weighted by Gasteiger charge is 2.32. The molecule has 1 aromatic carbocycles. The Bertz CT molecular complexity index is 893. The van der Waals surface area contributed by atoms with Crippen molar-refractivity contribution >= 4 is 23.1 Å². The number of carboxylic acids is 1. The Labute approximate surface area is 157 Å². The number of nitrogens with zero attached hydrogens (tertiary/aromatic N) is 2. The zero-order valence-corrected chi connectivity index (χ0v) is 15.3. The van der Waals surface area contributed by atoms with E-state index in [4.69, 9.17) is 9.47 Å². The van der Waals surface area contributed by atoms with Gasteiger partial charge in [-0.2, -0.15) is 0 Å². The van der Waals surface area contributed by atoms with Gasteiger partial charge in [0.05, 0.1) is 18.9 Å². The van der Waals surface area contributed by atoms with Gasteiger partial charge in [-0.3, -0.25) is 9.98 Å². The fraction of sp³-hybridized carbons (Fsp3) is 0.250. The number of ether oxygens (including phenoxy) is 2. The monoisotopic (exact) mass is 367 g/mol. The van der Waals surface area contributed by atoms with Crippen LogP contribution in [-0.4, -0.2) is 42.1 Å². The van der Waals surface area contributed by atoms with E-state index in [2.05, 4.69) is 15.3 Å². The SMILES string of the molecule is COC1=C(Nc2ccncc2)C([C@@H](C)OC)=N[C@H](C(=O)O)c2ccccc21. The largest absolute Gasteiger partial charge is 0.494 e. The smallest absolute Gasteiger partial charge is 0.333 e. The minimum absolute atomic E-state index is 0.448. The second-order valence-corrected chi connectivity index (χ2v) is 5.99. The summed E-state index contributed by atoms with van der Waals surface area (Å²) in [6, 6.07) is 9.76. The third-order valence-corrected chi connectivity index (χ3v) is 4.38. The third kappa shape index (κ3) is 3.68. The van der Waals surface area contributed by atoms with Crippen molar-refractivity contribution in [3.8, 4) is 0 Å². The van der Waals surface area contributed by atoms with Gasteiger partial charge in [0.1, 0.15) is 5.70 Å². The van der Waals surface area contributed by atoms with Gasteiger partial charge in [0.25, 0.3) is 0 Å². The average Bonchev–Trinajstić information content (AvgIpc) is 2.82. The van der Waals surface area contributed by atoms with Crippen molar-refractivity contribution in [3.05, 3.63) is 65.6 Å². The topological polar surface area (TPSA) is 93.0 Å². The molecule has 0 aliphatic carbocycles. The Hall–Kier alpha value is -3.19. The summed E-state index contributed by atoms with van der Waals surface area (Å²) in [7, 11) is 3.11. The van der Waals surface area contributed by atoms with E-state index in [9.17, 15) is 9.90 Å². The van der Waals surface area contributed by atoms with E-state index < -0.39 is 18.1 Å². The molecule has 0 saturated heterocycles. The molecule has 0 amide bonds. The van der Waals surface area contributed by atoms with Gasteiger partial charge in [-0.1, -0.05) is 24.3 Å². The number of rotatable bonds is 6. The summed E-state index contributed by atoms with van der Waals surface area (Å²) >= 11 is 0. The van der Waals surface area contributed by atoms with E-state index in [1.165, 1.54) is 0 Å². The van der Waals surface area contributed by atoms with Crippen LogP contribution >= 0.6 is 0 Å². The van der Waals surface area contributed by atoms with Crippen LogP contribution in [0.15, 0.2) is 59.5 Å². The number of methoxy groups -OCH3 is 2. The molecule has 0 bridgehead atoms. The lowest BCUT2D eigenvalue weighted by Gasteiger charge is -2.20. The molecule has 0 radical (unpaired) electrons. The molecule has 7 heteroatoms. The molecule has 0 unspecified atom stereocenters. The number of aliphatic imine (C=N–C) groups is 1. The Kier molecular flexibility index (Phi) is 5.52. The fourth-order valence-electron chi connectivity index (χ4n) is 2.99. The highest BCUT2D eigenvalue weighted by molar-refractivity contribution is 6.12. The van der Waals surface area contributed by atoms with Crippen LogP contribution in [0.25, 0.3) is 5.76 Å². The van der Waals surface area contributed by atoms with Crippen LogP contribution in [0.3, 0.4) is 0 Å². The number of anilines is 1. The van der Waals surface area contributed by atoms with E-state index in [-0.39, 0.29) is 0 Å². The molecule has 0 fully saturated rings. The maximum atomic E-state index is 12.0. The van der Waals surface area contributed by atoms with E-state index >= 15 is 0 Å². The second-order valence-electron chi connectivity index (χ2n) is 5.99. The summed E-state index contributed by atoms with van der Waals surface area (Å²) in [6.45, 7) is 1.81. The molecule has 3 rings (SSSR count). The number of fused-ring (bicyclic) bond motifs is 1. The summed E-state index contributed by atoms with van der Waals surface area (Å²) in [5.74, 6) is -0.530. The summed E-state index contributed by atoms with van der Waals surface area (Å²) in [5, 5.41) is 13.1. The zero-order chi connectivity index (χ0) is 19.4. The average molecular weight is 367 g/mol. The molecule has 2 atom stereocenters. The molecule has 27 heavy (non-hydrogen) atoms. The van der Waals surface area contributed by atoms with Crippen molar-refractivity contribution in [2.45, 2.75) is 19.1 Å². The van der Waals surface area contributed by atoms with Crippen molar-refractivity contribution < 1.29 is 19.4 Å². The zero-order valence-electron chi connectivity index (χ0n) is 15.3. The molecule has 2 aromatic rings. The quantitative estimate of drug-likeness (QED) is 0.815. The predicted octanol–water partition coefficient (Wildman–Crippen LogP) is 3.12. The van der Waals surface area contributed by atoms with Crippen LogP contribution < -0.4 is 5.32 Å². The normalized spacial score (nSPS) is 17.4. The number of hydrogen-bond acceptors (Lipinski definition) is 6. The van der Waals surface area contributed by atoms with Crippen molar-refractivity contribution in [3.63, 3.8) is 0 Å². The first-order valence-electron chi connectivity index (χ1n) is 8.45. The second kappa shape index (κ2) is 8.01. The fourth-order valence-corrected chi connectivity index (χ4v) is 2.99. The summed E-state index contributed by atoms with van der Waals surface area (Å²) < 4.78 is 11.2. The number of carbonyl (C=O) groups is 1. The molecule has 1 aliphatic rings. The number of nitrogens with one attached hydrogen (secondary N) is 1. The number of benzene rings is 1. The highest BCUT2D eigenvalue weighted by Crippen LogP contribution is 2.35. The van der Waals surface area contributed by atoms with Gasteiger partial charge in [0, 0.05) is 30.8 Å². The molecule has 1 aliphatic heterocycles. The standard InChI is InChI=1S/C20H21N3O4/c1-12(26-2)16-18(22-13-8-10-21-11-9-13)19(27-3)15-7-5-4-6-14(15)17(23-16)20(24)25/h4-12,17H,1-3H3,(H,21,22)(H,24,25)/t12-,17+/m1/s1. The van der Waals surface area contributed by atoms with Crippen molar-refractivity contribution in [2.24, 2.45) is 4.99 Å². The molecule has 0 saturated carbocycles. The number of pyridine rings is 1. The maximum absolute atomic E-state index is 12.0. The highest BCUT2D eigenvalue weighted by atomic mass is 16.5. The van der Waals surface area contributed by atoms with E-state index in [1.54, 1.807) is 50.9 Å². The Morgan fingerprint density at radius 1 is 1.19 bits per heavy atom. The molecule has 7 nitrogen and oxygen atoms in total. The summed E-state index contributed by atoms with van der Waals surface area (Å²) in [5.41, 5.74) is 3.04. The van der Waals surface area contributed by atoms with Crippen molar-refractivity contribution in [1.29, 1.82) is 0 Å². The first-order valence-corrected chi connectivity index (χ1v) is 8.45. The van der Waals surface area contributed by atoms with Crippen molar-refractivity contribution in [2.75, 3.05) is 19.5 Å². The van der Waals surface area contributed by atoms with E-state index in [1.807, 2.05) is 19.1 Å². The minimum Gasteiger partial charge on any atom is -0.494 e. The molecule has 0 spiro atoms.